The van der Waals surface area contributed by atoms with Crippen LogP contribution in [0.5, 0.6) is 5.75 Å². The molecular weight excluding hydrogens is 259 g/mol. The van der Waals surface area contributed by atoms with E-state index in [1.807, 2.05) is 6.92 Å². The molecule has 4 nitrogen and oxygen atoms in total. The van der Waals surface area contributed by atoms with E-state index in [0.717, 1.165) is 31.5 Å². The summed E-state index contributed by atoms with van der Waals surface area (Å²) in [4.78, 5) is 14.0. The van der Waals surface area contributed by atoms with E-state index in [9.17, 15) is 14.3 Å². The number of nitrogens with one attached hydrogen (secondary N) is 1. The molecule has 0 aliphatic carbocycles. The van der Waals surface area contributed by atoms with Gasteiger partial charge < -0.3 is 15.3 Å². The van der Waals surface area contributed by atoms with Crippen molar-refractivity contribution < 1.29 is 14.3 Å². The van der Waals surface area contributed by atoms with Crippen LogP contribution in [0.25, 0.3) is 0 Å². The molecule has 1 heterocycles. The Morgan fingerprint density at radius 1 is 1.50 bits per heavy atom. The molecule has 1 atom stereocenters. The number of phenolic OH excluding ortho intramolecular Hbond substituents is 1. The van der Waals surface area contributed by atoms with Crippen LogP contribution in [-0.2, 0) is 0 Å². The van der Waals surface area contributed by atoms with Crippen LogP contribution in [0.4, 0.5) is 4.39 Å². The first-order chi connectivity index (χ1) is 9.61. The second-order valence-corrected chi connectivity index (χ2v) is 5.15. The van der Waals surface area contributed by atoms with Gasteiger partial charge in [-0.25, -0.2) is 4.39 Å². The molecule has 0 spiro atoms. The van der Waals surface area contributed by atoms with Crippen molar-refractivity contribution in [3.05, 3.63) is 29.6 Å². The van der Waals surface area contributed by atoms with Gasteiger partial charge in [-0.3, -0.25) is 4.79 Å². The zero-order chi connectivity index (χ0) is 14.5. The molecule has 1 amide bonds. The minimum atomic E-state index is -0.516. The minimum Gasteiger partial charge on any atom is -0.507 e. The Hall–Kier alpha value is -1.62. The minimum absolute atomic E-state index is 0.0302. The lowest BCUT2D eigenvalue weighted by atomic mass is 10.0. The van der Waals surface area contributed by atoms with Crippen molar-refractivity contribution in [3.8, 4) is 5.75 Å². The van der Waals surface area contributed by atoms with Gasteiger partial charge in [0.25, 0.3) is 5.91 Å². The van der Waals surface area contributed by atoms with Gasteiger partial charge in [-0.15, -0.1) is 0 Å². The molecule has 1 aromatic carbocycles. The van der Waals surface area contributed by atoms with E-state index >= 15 is 0 Å². The summed E-state index contributed by atoms with van der Waals surface area (Å²) in [5, 5.41) is 13.1. The van der Waals surface area contributed by atoms with Crippen LogP contribution < -0.4 is 5.32 Å². The third-order valence-electron chi connectivity index (χ3n) is 3.71. The molecule has 110 valence electrons. The number of amides is 1. The fraction of sp³-hybridized carbons (Fsp3) is 0.533. The summed E-state index contributed by atoms with van der Waals surface area (Å²) in [6, 6.07) is 3.73. The SMILES string of the molecule is CCN(CC1CCCCN1)C(=O)c1cc(F)ccc1O. The largest absolute Gasteiger partial charge is 0.507 e. The average molecular weight is 280 g/mol. The molecule has 1 aliphatic rings. The van der Waals surface area contributed by atoms with E-state index in [-0.39, 0.29) is 23.3 Å². The van der Waals surface area contributed by atoms with Crippen LogP contribution in [0.15, 0.2) is 18.2 Å². The van der Waals surface area contributed by atoms with E-state index in [0.29, 0.717) is 13.1 Å². The molecule has 5 heteroatoms. The van der Waals surface area contributed by atoms with Crippen LogP contribution >= 0.6 is 0 Å². The van der Waals surface area contributed by atoms with Crippen molar-refractivity contribution in [2.45, 2.75) is 32.2 Å². The van der Waals surface area contributed by atoms with Gasteiger partial charge in [-0.05, 0) is 44.5 Å². The van der Waals surface area contributed by atoms with E-state index in [4.69, 9.17) is 0 Å². The van der Waals surface area contributed by atoms with Crippen molar-refractivity contribution in [1.29, 1.82) is 0 Å². The lowest BCUT2D eigenvalue weighted by Gasteiger charge is -2.30. The predicted molar refractivity (Wildman–Crippen MR) is 75.3 cm³/mol. The third-order valence-corrected chi connectivity index (χ3v) is 3.71. The number of rotatable bonds is 4. The molecule has 0 saturated carbocycles. The molecule has 1 saturated heterocycles. The fourth-order valence-electron chi connectivity index (χ4n) is 2.55. The van der Waals surface area contributed by atoms with Gasteiger partial charge in [-0.2, -0.15) is 0 Å². The highest BCUT2D eigenvalue weighted by Crippen LogP contribution is 2.20. The monoisotopic (exact) mass is 280 g/mol. The molecular formula is C15H21FN2O2. The van der Waals surface area contributed by atoms with Crippen molar-refractivity contribution in [2.24, 2.45) is 0 Å². The van der Waals surface area contributed by atoms with Crippen LogP contribution in [0.1, 0.15) is 36.5 Å². The highest BCUT2D eigenvalue weighted by molar-refractivity contribution is 5.96. The Kier molecular flexibility index (Phi) is 4.95. The number of halogens is 1. The molecule has 0 aromatic heterocycles. The molecule has 20 heavy (non-hydrogen) atoms. The molecule has 1 fully saturated rings. The summed E-state index contributed by atoms with van der Waals surface area (Å²) in [6.07, 6.45) is 3.37. The summed E-state index contributed by atoms with van der Waals surface area (Å²) in [5.74, 6) is -1.01. The summed E-state index contributed by atoms with van der Waals surface area (Å²) < 4.78 is 13.2. The molecule has 1 unspecified atom stereocenters. The van der Waals surface area contributed by atoms with E-state index < -0.39 is 5.82 Å². The van der Waals surface area contributed by atoms with Crippen molar-refractivity contribution in [3.63, 3.8) is 0 Å². The number of hydrogen-bond acceptors (Lipinski definition) is 3. The van der Waals surface area contributed by atoms with Crippen molar-refractivity contribution in [1.82, 2.24) is 10.2 Å². The van der Waals surface area contributed by atoms with Crippen LogP contribution in [-0.4, -0.2) is 41.6 Å². The first kappa shape index (κ1) is 14.8. The second kappa shape index (κ2) is 6.70. The number of carbonyl (C=O) groups excluding carboxylic acids is 1. The number of aromatic hydroxyl groups is 1. The van der Waals surface area contributed by atoms with Gasteiger partial charge >= 0.3 is 0 Å². The normalized spacial score (nSPS) is 18.8. The Labute approximate surface area is 118 Å². The zero-order valence-corrected chi connectivity index (χ0v) is 11.7. The Balaban J connectivity index is 2.09. The lowest BCUT2D eigenvalue weighted by molar-refractivity contribution is 0.0738. The number of hydrogen-bond donors (Lipinski definition) is 2. The Bertz CT molecular complexity index is 473. The first-order valence-electron chi connectivity index (χ1n) is 7.13. The lowest BCUT2D eigenvalue weighted by Crippen LogP contribution is -2.45. The smallest absolute Gasteiger partial charge is 0.257 e. The third kappa shape index (κ3) is 3.48. The van der Waals surface area contributed by atoms with Gasteiger partial charge in [-0.1, -0.05) is 6.42 Å². The predicted octanol–water partition coefficient (Wildman–Crippen LogP) is 2.14. The standard InChI is InChI=1S/C15H21FN2O2/c1-2-18(10-12-5-3-4-8-17-12)15(20)13-9-11(16)6-7-14(13)19/h6-7,9,12,17,19H,2-5,8,10H2,1H3. The topological polar surface area (TPSA) is 52.6 Å². The Morgan fingerprint density at radius 3 is 2.95 bits per heavy atom. The highest BCUT2D eigenvalue weighted by atomic mass is 19.1. The van der Waals surface area contributed by atoms with E-state index in [2.05, 4.69) is 5.32 Å². The van der Waals surface area contributed by atoms with Gasteiger partial charge in [0.15, 0.2) is 0 Å². The van der Waals surface area contributed by atoms with Crippen LogP contribution in [0, 0.1) is 5.82 Å². The summed E-state index contributed by atoms with van der Waals surface area (Å²) >= 11 is 0. The van der Waals surface area contributed by atoms with Crippen molar-refractivity contribution >= 4 is 5.91 Å². The Morgan fingerprint density at radius 2 is 2.30 bits per heavy atom. The number of likely N-dealkylation sites (N-methyl/N-ethyl adjacent to an activating group) is 1. The highest BCUT2D eigenvalue weighted by Gasteiger charge is 2.22. The fourth-order valence-corrected chi connectivity index (χ4v) is 2.55. The van der Waals surface area contributed by atoms with Crippen LogP contribution in [0.3, 0.4) is 0 Å². The number of nitrogens with zero attached hydrogens (tertiary/aromatic N) is 1. The quantitative estimate of drug-likeness (QED) is 0.888. The molecule has 0 bridgehead atoms. The number of phenols is 1. The summed E-state index contributed by atoms with van der Waals surface area (Å²) in [7, 11) is 0. The molecule has 2 N–H and O–H groups in total. The summed E-state index contributed by atoms with van der Waals surface area (Å²) in [5.41, 5.74) is 0.0302. The van der Waals surface area contributed by atoms with Crippen molar-refractivity contribution in [2.75, 3.05) is 19.6 Å². The van der Waals surface area contributed by atoms with Gasteiger partial charge in [0.05, 0.1) is 5.56 Å². The first-order valence-corrected chi connectivity index (χ1v) is 7.13. The number of piperidine rings is 1. The van der Waals surface area contributed by atoms with E-state index in [1.54, 1.807) is 4.90 Å². The molecule has 2 rings (SSSR count). The van der Waals surface area contributed by atoms with Gasteiger partial charge in [0.2, 0.25) is 0 Å². The maximum Gasteiger partial charge on any atom is 0.257 e. The zero-order valence-electron chi connectivity index (χ0n) is 11.7. The van der Waals surface area contributed by atoms with Crippen LogP contribution in [0.2, 0.25) is 0 Å². The van der Waals surface area contributed by atoms with Gasteiger partial charge in [0.1, 0.15) is 11.6 Å². The van der Waals surface area contributed by atoms with Gasteiger partial charge in [0, 0.05) is 19.1 Å². The molecule has 0 radical (unpaired) electrons. The number of benzene rings is 1. The molecule has 1 aliphatic heterocycles. The maximum atomic E-state index is 13.2. The number of carbonyl (C=O) groups is 1. The average Bonchev–Trinajstić information content (AvgIpc) is 2.47. The van der Waals surface area contributed by atoms with E-state index in [1.165, 1.54) is 12.5 Å². The second-order valence-electron chi connectivity index (χ2n) is 5.15. The summed E-state index contributed by atoms with van der Waals surface area (Å²) in [6.45, 7) is 3.98. The molecule has 1 aromatic rings. The maximum absolute atomic E-state index is 13.2.